The molecule has 0 bridgehead atoms. The second-order valence-corrected chi connectivity index (χ2v) is 8.74. The highest BCUT2D eigenvalue weighted by molar-refractivity contribution is 14.1. The molecule has 0 spiro atoms. The van der Waals surface area contributed by atoms with Gasteiger partial charge in [0.1, 0.15) is 5.75 Å². The fourth-order valence-electron chi connectivity index (χ4n) is 2.32. The van der Waals surface area contributed by atoms with Gasteiger partial charge < -0.3 is 15.2 Å². The van der Waals surface area contributed by atoms with E-state index >= 15 is 0 Å². The van der Waals surface area contributed by atoms with E-state index in [4.69, 9.17) is 4.74 Å². The van der Waals surface area contributed by atoms with E-state index in [0.29, 0.717) is 11.8 Å². The number of halogens is 1. The van der Waals surface area contributed by atoms with E-state index in [1.807, 2.05) is 47.6 Å². The van der Waals surface area contributed by atoms with Gasteiger partial charge in [-0.05, 0) is 66.5 Å². The number of Topliss-reactive ketones (excluding diaryl/α,β-unsaturated/α-hetero) is 1. The zero-order valence-corrected chi connectivity index (χ0v) is 18.4. The minimum atomic E-state index is -0.357. The van der Waals surface area contributed by atoms with Gasteiger partial charge in [-0.15, -0.1) is 0 Å². The predicted octanol–water partition coefficient (Wildman–Crippen LogP) is 3.65. The van der Waals surface area contributed by atoms with Crippen molar-refractivity contribution in [3.05, 3.63) is 38.6 Å². The molecule has 0 radical (unpaired) electrons. The summed E-state index contributed by atoms with van der Waals surface area (Å²) < 4.78 is 6.55. The number of hydrogen-bond donors (Lipinski definition) is 2. The molecule has 0 saturated heterocycles. The highest BCUT2D eigenvalue weighted by Gasteiger charge is 2.23. The number of aryl methyl sites for hydroxylation is 1. The van der Waals surface area contributed by atoms with Gasteiger partial charge in [-0.1, -0.05) is 20.8 Å². The number of nitrogens with one attached hydrogen (secondary N) is 1. The zero-order valence-electron chi connectivity index (χ0n) is 16.2. The Labute approximate surface area is 169 Å². The van der Waals surface area contributed by atoms with Crippen molar-refractivity contribution in [2.45, 2.75) is 53.7 Å². The Morgan fingerprint density at radius 1 is 1.35 bits per heavy atom. The summed E-state index contributed by atoms with van der Waals surface area (Å²) in [5.41, 5.74) is 1.00. The van der Waals surface area contributed by atoms with Crippen molar-refractivity contribution < 1.29 is 19.4 Å². The van der Waals surface area contributed by atoms with Crippen LogP contribution in [0.15, 0.2) is 23.9 Å². The lowest BCUT2D eigenvalue weighted by Gasteiger charge is -2.29. The maximum atomic E-state index is 12.8. The topological polar surface area (TPSA) is 75.6 Å². The van der Waals surface area contributed by atoms with Crippen molar-refractivity contribution in [2.24, 2.45) is 5.41 Å². The zero-order chi connectivity index (χ0) is 20.1. The van der Waals surface area contributed by atoms with Crippen LogP contribution >= 0.6 is 22.6 Å². The number of aliphatic hydroxyl groups excluding tert-OH is 1. The van der Waals surface area contributed by atoms with Gasteiger partial charge in [0.05, 0.1) is 27.9 Å². The van der Waals surface area contributed by atoms with E-state index in [-0.39, 0.29) is 35.5 Å². The molecule has 0 fully saturated rings. The first-order valence-corrected chi connectivity index (χ1v) is 9.62. The largest absolute Gasteiger partial charge is 0.490 e. The Kier molecular flexibility index (Phi) is 8.27. The summed E-state index contributed by atoms with van der Waals surface area (Å²) in [5, 5.41) is 12.5. The van der Waals surface area contributed by atoms with Crippen LogP contribution in [0, 0.1) is 15.9 Å². The molecule has 0 saturated carbocycles. The number of rotatable bonds is 8. The summed E-state index contributed by atoms with van der Waals surface area (Å²) in [4.78, 5) is 24.2. The van der Waals surface area contributed by atoms with Gasteiger partial charge in [0, 0.05) is 11.8 Å². The van der Waals surface area contributed by atoms with E-state index in [0.717, 1.165) is 14.9 Å². The molecule has 2 N–H and O–H groups in total. The Bertz CT molecular complexity index is 690. The molecule has 26 heavy (non-hydrogen) atoms. The van der Waals surface area contributed by atoms with Crippen LogP contribution in [0.2, 0.25) is 0 Å². The lowest BCUT2D eigenvalue weighted by molar-refractivity contribution is -0.104. The summed E-state index contributed by atoms with van der Waals surface area (Å²) in [6.45, 7) is 11.5. The molecule has 5 nitrogen and oxygen atoms in total. The molecular weight excluding hydrogens is 445 g/mol. The Hall–Kier alpha value is -1.41. The maximum Gasteiger partial charge on any atom is 0.198 e. The van der Waals surface area contributed by atoms with Gasteiger partial charge in [-0.3, -0.25) is 9.59 Å². The van der Waals surface area contributed by atoms with E-state index in [9.17, 15) is 14.7 Å². The first-order valence-electron chi connectivity index (χ1n) is 8.55. The van der Waals surface area contributed by atoms with E-state index in [1.54, 1.807) is 6.07 Å². The smallest absolute Gasteiger partial charge is 0.198 e. The molecule has 0 aromatic heterocycles. The number of aliphatic hydroxyl groups is 1. The Morgan fingerprint density at radius 2 is 1.96 bits per heavy atom. The molecule has 0 aliphatic heterocycles. The molecule has 1 aromatic rings. The van der Waals surface area contributed by atoms with Crippen molar-refractivity contribution in [2.75, 3.05) is 6.61 Å². The minimum Gasteiger partial charge on any atom is -0.490 e. The normalized spacial score (nSPS) is 13.5. The number of carbonyl (C=O) groups excluding carboxylic acids is 2. The molecule has 144 valence electrons. The molecule has 0 amide bonds. The quantitative estimate of drug-likeness (QED) is 0.151. The molecular formula is C20H28INO4. The highest BCUT2D eigenvalue weighted by Crippen LogP contribution is 2.27. The third-order valence-corrected chi connectivity index (χ3v) is 4.79. The number of aldehydes is 1. The van der Waals surface area contributed by atoms with E-state index in [1.165, 1.54) is 6.20 Å². The van der Waals surface area contributed by atoms with Gasteiger partial charge >= 0.3 is 0 Å². The van der Waals surface area contributed by atoms with Crippen LogP contribution in [0.4, 0.5) is 0 Å². The molecule has 0 unspecified atom stereocenters. The number of ether oxygens (including phenoxy) is 1. The SMILES string of the molecule is Cc1cc(OC(C)C)c(I)cc1C(=O)C(C=O)=CN[C@H](CO)C(C)(C)C. The van der Waals surface area contributed by atoms with Gasteiger partial charge in [-0.25, -0.2) is 0 Å². The number of ketones is 1. The number of benzene rings is 1. The molecule has 1 rings (SSSR count). The second-order valence-electron chi connectivity index (χ2n) is 7.58. The van der Waals surface area contributed by atoms with Crippen LogP contribution in [-0.2, 0) is 4.79 Å². The first-order chi connectivity index (χ1) is 12.0. The first kappa shape index (κ1) is 22.6. The third-order valence-electron chi connectivity index (χ3n) is 3.94. The van der Waals surface area contributed by atoms with E-state index < -0.39 is 0 Å². The molecule has 1 aromatic carbocycles. The average Bonchev–Trinajstić information content (AvgIpc) is 2.52. The van der Waals surface area contributed by atoms with Crippen molar-refractivity contribution in [3.8, 4) is 5.75 Å². The van der Waals surface area contributed by atoms with Crippen LogP contribution in [0.25, 0.3) is 0 Å². The fourth-order valence-corrected chi connectivity index (χ4v) is 2.91. The minimum absolute atomic E-state index is 0.0177. The standard InChI is InChI=1S/C20H28INO4/c1-12(2)26-17-7-13(3)15(8-16(17)21)19(25)14(10-23)9-22-18(11-24)20(4,5)6/h7-10,12,18,22,24H,11H2,1-6H3/t18-/m1/s1. The van der Waals surface area contributed by atoms with Gasteiger partial charge in [0.15, 0.2) is 12.1 Å². The van der Waals surface area contributed by atoms with Crippen LogP contribution in [0.1, 0.15) is 50.5 Å². The van der Waals surface area contributed by atoms with Crippen LogP contribution < -0.4 is 10.1 Å². The molecule has 0 heterocycles. The maximum absolute atomic E-state index is 12.8. The van der Waals surface area contributed by atoms with Gasteiger partial charge in [-0.2, -0.15) is 0 Å². The fraction of sp³-hybridized carbons (Fsp3) is 0.500. The second kappa shape index (κ2) is 9.50. The lowest BCUT2D eigenvalue weighted by Crippen LogP contribution is -2.40. The lowest BCUT2D eigenvalue weighted by atomic mass is 9.87. The summed E-state index contributed by atoms with van der Waals surface area (Å²) in [6, 6.07) is 3.28. The van der Waals surface area contributed by atoms with Crippen molar-refractivity contribution >= 4 is 34.7 Å². The van der Waals surface area contributed by atoms with Crippen LogP contribution in [0.3, 0.4) is 0 Å². The third kappa shape index (κ3) is 6.09. The Balaban J connectivity index is 3.14. The summed E-state index contributed by atoms with van der Waals surface area (Å²) >= 11 is 2.12. The molecule has 0 aliphatic rings. The molecule has 6 heteroatoms. The van der Waals surface area contributed by atoms with Crippen molar-refractivity contribution in [3.63, 3.8) is 0 Å². The average molecular weight is 473 g/mol. The summed E-state index contributed by atoms with van der Waals surface area (Å²) in [5.74, 6) is 0.363. The predicted molar refractivity (Wildman–Crippen MR) is 112 cm³/mol. The molecule has 0 aliphatic carbocycles. The number of hydrogen-bond acceptors (Lipinski definition) is 5. The Morgan fingerprint density at radius 3 is 2.42 bits per heavy atom. The summed E-state index contributed by atoms with van der Waals surface area (Å²) in [7, 11) is 0. The number of carbonyl (C=O) groups is 2. The molecule has 1 atom stereocenters. The monoisotopic (exact) mass is 473 g/mol. The van der Waals surface area contributed by atoms with Gasteiger partial charge in [0.25, 0.3) is 0 Å². The van der Waals surface area contributed by atoms with Crippen molar-refractivity contribution in [1.29, 1.82) is 0 Å². The van der Waals surface area contributed by atoms with E-state index in [2.05, 4.69) is 27.9 Å². The summed E-state index contributed by atoms with van der Waals surface area (Å²) in [6.07, 6.45) is 1.97. The van der Waals surface area contributed by atoms with Crippen molar-refractivity contribution in [1.82, 2.24) is 5.32 Å². The van der Waals surface area contributed by atoms with Gasteiger partial charge in [0.2, 0.25) is 0 Å². The van der Waals surface area contributed by atoms with Crippen LogP contribution in [-0.4, -0.2) is 35.9 Å². The number of allylic oxidation sites excluding steroid dienone is 1. The highest BCUT2D eigenvalue weighted by atomic mass is 127. The van der Waals surface area contributed by atoms with Crippen LogP contribution in [0.5, 0.6) is 5.75 Å².